The molecule has 0 aromatic carbocycles. The van der Waals surface area contributed by atoms with E-state index >= 15 is 0 Å². The van der Waals surface area contributed by atoms with Crippen LogP contribution >= 0.6 is 15.9 Å². The quantitative estimate of drug-likeness (QED) is 0.00901. The van der Waals surface area contributed by atoms with Gasteiger partial charge in [-0.05, 0) is 84.0 Å². The molecule has 36 heteroatoms. The maximum Gasteiger partial charge on any atom is 0.379 e. The van der Waals surface area contributed by atoms with E-state index < -0.39 is 5.92 Å². The molecule has 1 saturated heterocycles. The predicted molar refractivity (Wildman–Crippen MR) is 382 cm³/mol. The van der Waals surface area contributed by atoms with Gasteiger partial charge in [0.25, 0.3) is 11.8 Å². The lowest BCUT2D eigenvalue weighted by atomic mass is 9.67. The molecular formula is C63H115BrN16O19. The van der Waals surface area contributed by atoms with Gasteiger partial charge in [-0.25, -0.2) is 22.1 Å². The Morgan fingerprint density at radius 1 is 0.586 bits per heavy atom. The summed E-state index contributed by atoms with van der Waals surface area (Å²) in [5.41, 5.74) is 17.2. The number of carbonyl (C=O) groups is 10. The lowest BCUT2D eigenvalue weighted by Gasteiger charge is -2.34. The van der Waals surface area contributed by atoms with Crippen molar-refractivity contribution in [2.24, 2.45) is 62.9 Å². The zero-order valence-corrected chi connectivity index (χ0v) is 61.7. The van der Waals surface area contributed by atoms with Crippen molar-refractivity contribution in [2.75, 3.05) is 91.2 Å². The highest BCUT2D eigenvalue weighted by atomic mass is 79.9. The Kier molecular flexibility index (Phi) is 90.9. The van der Waals surface area contributed by atoms with Crippen LogP contribution in [0.25, 0.3) is 0 Å². The molecular weight excluding hydrogens is 1360 g/mol. The first-order chi connectivity index (χ1) is 47.5. The fourth-order valence-corrected chi connectivity index (χ4v) is 7.45. The van der Waals surface area contributed by atoms with E-state index in [1.54, 1.807) is 19.1 Å². The number of hydrogen-bond acceptors (Lipinski definition) is 26. The number of hydrazone groups is 2. The molecule has 568 valence electrons. The second-order valence-corrected chi connectivity index (χ2v) is 18.6. The van der Waals surface area contributed by atoms with Gasteiger partial charge in [-0.15, -0.1) is 10.2 Å². The van der Waals surface area contributed by atoms with Crippen molar-refractivity contribution in [2.45, 2.75) is 118 Å². The Balaban J connectivity index is -0.000000143. The number of nitrogens with one attached hydrogen (secondary N) is 6. The Morgan fingerprint density at radius 3 is 1.29 bits per heavy atom. The minimum absolute atomic E-state index is 0.0360. The molecule has 1 aliphatic carbocycles. The van der Waals surface area contributed by atoms with Crippen LogP contribution < -0.4 is 55.9 Å². The summed E-state index contributed by atoms with van der Waals surface area (Å²) in [5, 5.41) is 53.9. The zero-order chi connectivity index (χ0) is 78.4. The van der Waals surface area contributed by atoms with Gasteiger partial charge in [0.1, 0.15) is 4.98 Å². The maximum atomic E-state index is 13.0. The van der Waals surface area contributed by atoms with Crippen molar-refractivity contribution in [1.82, 2.24) is 36.7 Å². The fraction of sp³-hybridized carbons (Fsp3) is 0.556. The van der Waals surface area contributed by atoms with E-state index in [2.05, 4.69) is 88.4 Å². The number of amides is 9. The number of nitrogens with zero attached hydrogens (tertiary/aromatic N) is 5. The first-order valence-corrected chi connectivity index (χ1v) is 31.1. The van der Waals surface area contributed by atoms with Crippen LogP contribution in [0.2, 0.25) is 0 Å². The third kappa shape index (κ3) is 65.8. The topological polar surface area (TPSA) is 567 Å². The molecule has 2 heterocycles. The average Bonchev–Trinajstić information content (AvgIpc) is 1.62. The Hall–Kier alpha value is -9.22. The van der Waals surface area contributed by atoms with Gasteiger partial charge in [0.2, 0.25) is 41.4 Å². The molecule has 1 saturated carbocycles. The second kappa shape index (κ2) is 83.0. The summed E-state index contributed by atoms with van der Waals surface area (Å²) in [4.78, 5) is 118. The third-order valence-electron chi connectivity index (χ3n) is 12.0. The Morgan fingerprint density at radius 2 is 0.949 bits per heavy atom. The number of rotatable bonds is 25. The van der Waals surface area contributed by atoms with Crippen LogP contribution in [-0.4, -0.2) is 199 Å². The van der Waals surface area contributed by atoms with Crippen LogP contribution in [0.15, 0.2) is 95.3 Å². The Labute approximate surface area is 592 Å². The van der Waals surface area contributed by atoms with Crippen LogP contribution in [0.4, 0.5) is 0 Å². The average molecular weight is 1480 g/mol. The van der Waals surface area contributed by atoms with Crippen LogP contribution in [0.3, 0.4) is 0 Å². The number of fused-ring (bicyclic) bond motifs is 1. The standard InChI is InChI=1S/C19H31N5O5.C10H17N3O2.C9H12N2O3.C9H14O2.C8H14N2O.C3H7NO2.CBrN.4CH4O.H4N2/c1-11-6-7-12(8-9-14(26)22-23-19(20)29-3)16-15(11)17(27)24(18(16)28)10-4-5-13(25)21-2;1-3-4-5-6-7-8-9(14)12-13-10(11)15-2;1-10-7(12)3-2-6-11-8(13)4-5-9(11)14;1-3-4-5-6-7-8-9(10)11-2;1-2-3-4-5-6-7-8(11)10-9;1-5-3(4)6-2;2-1-3;5*1-2/h11-12,15-16H,4-10H2,1-3H3,(H2,20,23)(H,21,25)(H,22,26);3-6H,7-8H2,1-2H3,(H2,11,13)(H,12,14);4-5H,2-3,6H2,1H3,(H,10,12);3-6H,7-8H2,1-2H3;2-5H,6-7,9H2,1H3,(H,10,11);4H,1-2H3;;4*2H,1H3;1-2H2/b;4-3+,6-5+;;4-3+,6-5+;3-2+,5-4+;;;;;;;. The minimum atomic E-state index is -0.397. The molecule has 0 bridgehead atoms. The number of hydrogen-bond donors (Lipinski definition) is 15. The molecule has 0 aromatic heterocycles. The second-order valence-electron chi connectivity index (χ2n) is 18.2. The normalized spacial score (nSPS) is 15.1. The highest BCUT2D eigenvalue weighted by molar-refractivity contribution is 9.12. The highest BCUT2D eigenvalue weighted by Gasteiger charge is 2.54. The lowest BCUT2D eigenvalue weighted by Crippen LogP contribution is -2.36. The highest BCUT2D eigenvalue weighted by Crippen LogP contribution is 2.46. The van der Waals surface area contributed by atoms with E-state index in [-0.39, 0.29) is 114 Å². The molecule has 4 atom stereocenters. The molecule has 2 aliphatic heterocycles. The van der Waals surface area contributed by atoms with Gasteiger partial charge in [-0.3, -0.25) is 74.9 Å². The smallest absolute Gasteiger partial charge is 0.379 e. The molecule has 3 aliphatic rings. The number of halogens is 1. The molecule has 2 fully saturated rings. The number of likely N-dealkylation sites (tertiary alicyclic amines) is 1. The Bertz CT molecular complexity index is 2450. The van der Waals surface area contributed by atoms with Gasteiger partial charge in [0, 0.05) is 122 Å². The van der Waals surface area contributed by atoms with Crippen LogP contribution in [0, 0.1) is 39.3 Å². The summed E-state index contributed by atoms with van der Waals surface area (Å²) in [7, 11) is 14.0. The van der Waals surface area contributed by atoms with Crippen molar-refractivity contribution in [3.8, 4) is 4.98 Å². The minimum Gasteiger partial charge on any atom is -0.469 e. The van der Waals surface area contributed by atoms with Gasteiger partial charge < -0.3 is 66.2 Å². The number of aliphatic hydroxyl groups excluding tert-OH is 4. The van der Waals surface area contributed by atoms with Crippen LogP contribution in [-0.2, 0) is 71.6 Å². The number of nitrogens with two attached hydrogens (primary N) is 5. The number of allylic oxidation sites excluding steroid dienone is 12. The van der Waals surface area contributed by atoms with Gasteiger partial charge in [0.15, 0.2) is 0 Å². The van der Waals surface area contributed by atoms with Crippen molar-refractivity contribution in [3.63, 3.8) is 0 Å². The molecule has 9 amide bonds. The number of hydrazine groups is 2. The first-order valence-electron chi connectivity index (χ1n) is 30.3. The number of methoxy groups -OCH3 is 5. The van der Waals surface area contributed by atoms with E-state index in [1.807, 2.05) is 101 Å². The van der Waals surface area contributed by atoms with Crippen LogP contribution in [0.5, 0.6) is 0 Å². The number of carbonyl (C=O) groups excluding carboxylic acids is 10. The van der Waals surface area contributed by atoms with Gasteiger partial charge in [-0.2, -0.15) is 5.26 Å². The molecule has 0 aromatic rings. The van der Waals surface area contributed by atoms with Crippen molar-refractivity contribution >= 4 is 93.2 Å². The number of aliphatic hydroxyl groups is 4. The van der Waals surface area contributed by atoms with Gasteiger partial charge in [0.05, 0.1) is 47.4 Å². The predicted octanol–water partition coefficient (Wildman–Crippen LogP) is 1.55. The summed E-state index contributed by atoms with van der Waals surface area (Å²) in [5.74, 6) is 10.3. The van der Waals surface area contributed by atoms with Crippen LogP contribution in [0.1, 0.15) is 118 Å². The molecule has 3 rings (SSSR count). The number of imide groups is 2. The van der Waals surface area contributed by atoms with E-state index in [1.165, 1.54) is 52.6 Å². The van der Waals surface area contributed by atoms with Crippen molar-refractivity contribution in [1.29, 1.82) is 10.7 Å². The maximum absolute atomic E-state index is 13.0. The largest absolute Gasteiger partial charge is 0.469 e. The summed E-state index contributed by atoms with van der Waals surface area (Å²) in [6, 6.07) is -0.207. The molecule has 0 radical (unpaired) electrons. The summed E-state index contributed by atoms with van der Waals surface area (Å²) in [6.07, 6.45) is 32.6. The number of nitriles is 1. The lowest BCUT2D eigenvalue weighted by molar-refractivity contribution is -0.141. The SMILES string of the molecule is C/C=C/C=C/CCC(=O)NN.C/C=C/C=C/CCC(=O)NN=C(N)OC.C/C=C/C=C/CCC(=O)OC.CNC(=O)CCCN1C(=O)C2C(C)CCC(CCC(=O)NN=C(N)OC)C2C1=O.CNC(=O)CCCN1C(=O)C=CC1=O.CO.CO.CO.CO.COC(=N)OC.N#CBr.NN. The molecule has 0 spiro atoms. The molecule has 35 nitrogen and oxygen atoms in total. The summed E-state index contributed by atoms with van der Waals surface area (Å²) in [6.45, 7) is 8.38. The first kappa shape index (κ1) is 108. The number of esters is 1. The van der Waals surface area contributed by atoms with Crippen molar-refractivity contribution in [3.05, 3.63) is 85.1 Å². The molecule has 99 heavy (non-hydrogen) atoms. The van der Waals surface area contributed by atoms with Gasteiger partial charge >= 0.3 is 24.1 Å². The zero-order valence-electron chi connectivity index (χ0n) is 60.1. The third-order valence-corrected chi connectivity index (χ3v) is 12.0. The van der Waals surface area contributed by atoms with E-state index in [4.69, 9.17) is 48.4 Å². The molecule has 4 unspecified atom stereocenters. The number of amidine groups is 2. The van der Waals surface area contributed by atoms with E-state index in [9.17, 15) is 47.9 Å². The van der Waals surface area contributed by atoms with E-state index in [0.717, 1.165) is 59.0 Å². The molecule has 20 N–H and O–H groups in total. The fourth-order valence-electron chi connectivity index (χ4n) is 7.45. The van der Waals surface area contributed by atoms with Crippen molar-refractivity contribution < 1.29 is 92.1 Å². The number of ether oxygens (including phenoxy) is 5. The monoisotopic (exact) mass is 1480 g/mol. The summed E-state index contributed by atoms with van der Waals surface area (Å²) < 4.78 is 22.2. The summed E-state index contributed by atoms with van der Waals surface area (Å²) >= 11 is 2.45. The van der Waals surface area contributed by atoms with Gasteiger partial charge in [-0.1, -0.05) is 79.8 Å². The van der Waals surface area contributed by atoms with E-state index in [0.29, 0.717) is 57.9 Å².